The lowest BCUT2D eigenvalue weighted by molar-refractivity contribution is -0.112. The highest BCUT2D eigenvalue weighted by atomic mass is 32.2. The van der Waals surface area contributed by atoms with Crippen LogP contribution in [0.15, 0.2) is 23.6 Å². The van der Waals surface area contributed by atoms with Crippen LogP contribution < -0.4 is 14.8 Å². The molecule has 5 heteroatoms. The van der Waals surface area contributed by atoms with Crippen LogP contribution in [0.3, 0.4) is 0 Å². The fourth-order valence-electron chi connectivity index (χ4n) is 1.71. The van der Waals surface area contributed by atoms with Gasteiger partial charge in [-0.05, 0) is 19.1 Å². The zero-order chi connectivity index (χ0) is 13.1. The fourth-order valence-corrected chi connectivity index (χ4v) is 2.40. The Morgan fingerprint density at radius 1 is 1.28 bits per heavy atom. The van der Waals surface area contributed by atoms with Gasteiger partial charge in [-0.25, -0.2) is 0 Å². The molecule has 96 valence electrons. The Hall–Kier alpha value is -1.62. The molecule has 0 bridgehead atoms. The highest BCUT2D eigenvalue weighted by Crippen LogP contribution is 2.32. The van der Waals surface area contributed by atoms with Crippen LogP contribution in [-0.4, -0.2) is 25.4 Å². The summed E-state index contributed by atoms with van der Waals surface area (Å²) < 4.78 is 10.5. The summed E-state index contributed by atoms with van der Waals surface area (Å²) in [6, 6.07) is 5.41. The summed E-state index contributed by atoms with van der Waals surface area (Å²) in [4.78, 5) is 11.4. The predicted molar refractivity (Wildman–Crippen MR) is 72.7 cm³/mol. The summed E-state index contributed by atoms with van der Waals surface area (Å²) in [5.74, 6) is 1.46. The van der Waals surface area contributed by atoms with E-state index >= 15 is 0 Å². The van der Waals surface area contributed by atoms with Gasteiger partial charge >= 0.3 is 0 Å². The van der Waals surface area contributed by atoms with Crippen molar-refractivity contribution in [3.8, 4) is 11.5 Å². The first-order valence-corrected chi connectivity index (χ1v) is 6.43. The van der Waals surface area contributed by atoms with Gasteiger partial charge < -0.3 is 14.8 Å². The first-order chi connectivity index (χ1) is 8.65. The number of methoxy groups -OCH3 is 2. The number of benzene rings is 1. The van der Waals surface area contributed by atoms with E-state index in [0.717, 1.165) is 22.8 Å². The number of hydrogen-bond donors (Lipinski definition) is 1. The van der Waals surface area contributed by atoms with Gasteiger partial charge in [0.1, 0.15) is 11.5 Å². The van der Waals surface area contributed by atoms with Gasteiger partial charge in [-0.1, -0.05) is 11.8 Å². The van der Waals surface area contributed by atoms with Crippen molar-refractivity contribution >= 4 is 22.6 Å². The molecule has 1 aliphatic heterocycles. The van der Waals surface area contributed by atoms with E-state index in [2.05, 4.69) is 5.32 Å². The van der Waals surface area contributed by atoms with Crippen LogP contribution in [0.4, 0.5) is 0 Å². The summed E-state index contributed by atoms with van der Waals surface area (Å²) in [7, 11) is 3.23. The van der Waals surface area contributed by atoms with Crippen molar-refractivity contribution in [3.05, 3.63) is 29.2 Å². The van der Waals surface area contributed by atoms with Crippen molar-refractivity contribution in [3.63, 3.8) is 0 Å². The van der Waals surface area contributed by atoms with E-state index in [9.17, 15) is 4.79 Å². The van der Waals surface area contributed by atoms with E-state index in [1.807, 2.05) is 30.5 Å². The topological polar surface area (TPSA) is 47.6 Å². The van der Waals surface area contributed by atoms with Crippen molar-refractivity contribution in [2.24, 2.45) is 0 Å². The number of thioether (sulfide) groups is 1. The standard InChI is InChI=1S/C13H15NO3S/c1-8-13(15)18-7-11(14-8)10-5-4-9(16-2)6-12(10)17-3/h4-8,14H,1-3H3/t8-/m0/s1. The van der Waals surface area contributed by atoms with Crippen LogP contribution in [0, 0.1) is 0 Å². The minimum absolute atomic E-state index is 0.117. The van der Waals surface area contributed by atoms with Crippen molar-refractivity contribution in [2.45, 2.75) is 13.0 Å². The molecule has 0 unspecified atom stereocenters. The van der Waals surface area contributed by atoms with E-state index < -0.39 is 0 Å². The molecule has 0 fully saturated rings. The Kier molecular flexibility index (Phi) is 3.81. The number of nitrogens with one attached hydrogen (secondary N) is 1. The van der Waals surface area contributed by atoms with Gasteiger partial charge in [-0.15, -0.1) is 0 Å². The molecular weight excluding hydrogens is 250 g/mol. The van der Waals surface area contributed by atoms with Gasteiger partial charge in [0, 0.05) is 17.0 Å². The quantitative estimate of drug-likeness (QED) is 0.908. The summed E-state index contributed by atoms with van der Waals surface area (Å²) in [6.45, 7) is 1.85. The number of carbonyl (C=O) groups excluding carboxylic acids is 1. The van der Waals surface area contributed by atoms with E-state index in [0.29, 0.717) is 0 Å². The number of rotatable bonds is 3. The third kappa shape index (κ3) is 2.46. The Morgan fingerprint density at radius 2 is 2.06 bits per heavy atom. The Balaban J connectivity index is 2.36. The van der Waals surface area contributed by atoms with Crippen molar-refractivity contribution < 1.29 is 14.3 Å². The highest BCUT2D eigenvalue weighted by Gasteiger charge is 2.21. The van der Waals surface area contributed by atoms with E-state index in [1.165, 1.54) is 11.8 Å². The summed E-state index contributed by atoms with van der Waals surface area (Å²) in [5.41, 5.74) is 1.82. The average Bonchev–Trinajstić information content (AvgIpc) is 2.41. The van der Waals surface area contributed by atoms with Crippen molar-refractivity contribution in [2.75, 3.05) is 14.2 Å². The second kappa shape index (κ2) is 5.35. The maximum atomic E-state index is 11.4. The molecule has 2 rings (SSSR count). The third-order valence-electron chi connectivity index (χ3n) is 2.72. The zero-order valence-electron chi connectivity index (χ0n) is 10.5. The molecule has 0 radical (unpaired) electrons. The maximum absolute atomic E-state index is 11.4. The maximum Gasteiger partial charge on any atom is 0.215 e. The molecule has 1 aromatic carbocycles. The number of carbonyl (C=O) groups is 1. The molecule has 0 spiro atoms. The molecule has 0 aromatic heterocycles. The van der Waals surface area contributed by atoms with Crippen LogP contribution in [0.1, 0.15) is 12.5 Å². The normalized spacial score (nSPS) is 18.9. The van der Waals surface area contributed by atoms with Gasteiger partial charge in [0.05, 0.1) is 26.0 Å². The third-order valence-corrected chi connectivity index (χ3v) is 3.66. The second-order valence-electron chi connectivity index (χ2n) is 3.90. The largest absolute Gasteiger partial charge is 0.497 e. The molecule has 18 heavy (non-hydrogen) atoms. The van der Waals surface area contributed by atoms with Gasteiger partial charge in [0.15, 0.2) is 0 Å². The number of ether oxygens (including phenoxy) is 2. The van der Waals surface area contributed by atoms with E-state index in [1.54, 1.807) is 14.2 Å². The van der Waals surface area contributed by atoms with Crippen LogP contribution in [-0.2, 0) is 4.79 Å². The van der Waals surface area contributed by atoms with Crippen LogP contribution in [0.5, 0.6) is 11.5 Å². The zero-order valence-corrected chi connectivity index (χ0v) is 11.3. The molecule has 0 amide bonds. The molecule has 4 nitrogen and oxygen atoms in total. The summed E-state index contributed by atoms with van der Waals surface area (Å²) in [5, 5.41) is 5.09. The van der Waals surface area contributed by atoms with Crippen LogP contribution in [0.25, 0.3) is 5.70 Å². The van der Waals surface area contributed by atoms with Gasteiger partial charge in [-0.3, -0.25) is 4.79 Å². The van der Waals surface area contributed by atoms with Crippen LogP contribution in [0.2, 0.25) is 0 Å². The minimum Gasteiger partial charge on any atom is -0.497 e. The molecule has 0 saturated carbocycles. The molecule has 1 atom stereocenters. The summed E-state index contributed by atoms with van der Waals surface area (Å²) in [6.07, 6.45) is 0. The Labute approximate surface area is 110 Å². The Morgan fingerprint density at radius 3 is 2.67 bits per heavy atom. The van der Waals surface area contributed by atoms with Gasteiger partial charge in [-0.2, -0.15) is 0 Å². The molecule has 1 N–H and O–H groups in total. The van der Waals surface area contributed by atoms with Crippen molar-refractivity contribution in [1.82, 2.24) is 5.32 Å². The first-order valence-electron chi connectivity index (χ1n) is 5.55. The average molecular weight is 265 g/mol. The first kappa shape index (κ1) is 12.8. The van der Waals surface area contributed by atoms with E-state index in [4.69, 9.17) is 9.47 Å². The molecule has 0 aliphatic carbocycles. The predicted octanol–water partition coefficient (Wildman–Crippen LogP) is 2.25. The molecule has 1 aliphatic rings. The summed E-state index contributed by atoms with van der Waals surface area (Å²) >= 11 is 1.21. The second-order valence-corrected chi connectivity index (χ2v) is 4.77. The van der Waals surface area contributed by atoms with Crippen LogP contribution >= 0.6 is 11.8 Å². The fraction of sp³-hybridized carbons (Fsp3) is 0.308. The lowest BCUT2D eigenvalue weighted by Gasteiger charge is -2.22. The van der Waals surface area contributed by atoms with Gasteiger partial charge in [0.25, 0.3) is 0 Å². The van der Waals surface area contributed by atoms with E-state index in [-0.39, 0.29) is 11.2 Å². The van der Waals surface area contributed by atoms with Crippen molar-refractivity contribution in [1.29, 1.82) is 0 Å². The minimum atomic E-state index is -0.193. The molecule has 1 heterocycles. The monoisotopic (exact) mass is 265 g/mol. The SMILES string of the molecule is COc1ccc(C2=CSC(=O)[C@H](C)N2)c(OC)c1. The van der Waals surface area contributed by atoms with Gasteiger partial charge in [0.2, 0.25) is 5.12 Å². The Bertz CT molecular complexity index is 499. The molecule has 1 aromatic rings. The smallest absolute Gasteiger partial charge is 0.215 e. The molecule has 0 saturated heterocycles. The highest BCUT2D eigenvalue weighted by molar-refractivity contribution is 8.16. The number of hydrogen-bond acceptors (Lipinski definition) is 5. The molecular formula is C13H15NO3S. The lowest BCUT2D eigenvalue weighted by atomic mass is 10.1. The lowest BCUT2D eigenvalue weighted by Crippen LogP contribution is -2.33.